The molecule has 0 aliphatic carbocycles. The van der Waals surface area contributed by atoms with Crippen LogP contribution in [0.4, 0.5) is 0 Å². The maximum absolute atomic E-state index is 9.48. The lowest BCUT2D eigenvalue weighted by molar-refractivity contribution is 0.669. The first-order valence-corrected chi connectivity index (χ1v) is 15.0. The molecule has 0 unspecified atom stereocenters. The van der Waals surface area contributed by atoms with Crippen molar-refractivity contribution in [1.82, 2.24) is 0 Å². The van der Waals surface area contributed by atoms with Gasteiger partial charge in [0.25, 0.3) is 0 Å². The van der Waals surface area contributed by atoms with Crippen LogP contribution >= 0.6 is 0 Å². The molecule has 0 saturated carbocycles. The SMILES string of the molecule is [2H]c1c([2H])c([2H])c2c([2H])c(-c3c4c([2H])c([2H])c([2H])c([2H])c4c(-c4ccc(-c5ccc6oc7ccccc7c6c5)c5ccccc45)c4c([2H])c([2H])c([2H])c([2H])c34)c([2H])c([2H])c2c1[2H]. The quantitative estimate of drug-likeness (QED) is 0.181. The minimum absolute atomic E-state index is 0.0450. The zero-order chi connectivity index (χ0) is 44.0. The molecule has 10 aromatic rings. The normalized spacial score (nSPS) is 16.3. The van der Waals surface area contributed by atoms with Crippen molar-refractivity contribution < 1.29 is 25.0 Å². The standard InChI is InChI=1S/C46H28O/c1-2-12-30-27-32(22-21-29(30)11-1)45-37-16-5-7-18-39(37)46(40-19-8-6-17-38(40)45)41-25-24-33(34-13-3-4-14-35(34)41)31-23-26-44-42(28-31)36-15-9-10-20-43(36)47-44/h1-28H/i1D,2D,5D,6D,7D,8D,11D,12D,16D,17D,18D,19D,21D,22D,27D. The lowest BCUT2D eigenvalue weighted by Crippen LogP contribution is -1.92. The predicted octanol–water partition coefficient (Wildman–Crippen LogP) is 13.2. The van der Waals surface area contributed by atoms with Gasteiger partial charge in [-0.05, 0) is 101 Å². The summed E-state index contributed by atoms with van der Waals surface area (Å²) in [4.78, 5) is 0. The highest BCUT2D eigenvalue weighted by Gasteiger charge is 2.19. The Morgan fingerprint density at radius 1 is 0.383 bits per heavy atom. The molecule has 0 bridgehead atoms. The van der Waals surface area contributed by atoms with Crippen molar-refractivity contribution in [3.63, 3.8) is 0 Å². The Hall–Kier alpha value is -6.18. The van der Waals surface area contributed by atoms with E-state index in [2.05, 4.69) is 0 Å². The van der Waals surface area contributed by atoms with Crippen molar-refractivity contribution in [3.05, 3.63) is 169 Å². The van der Waals surface area contributed by atoms with Crippen molar-refractivity contribution in [3.8, 4) is 33.4 Å². The Bertz CT molecular complexity index is 3620. The third-order valence-electron chi connectivity index (χ3n) is 8.76. The van der Waals surface area contributed by atoms with Gasteiger partial charge in [0, 0.05) is 10.8 Å². The lowest BCUT2D eigenvalue weighted by Gasteiger charge is -2.20. The second-order valence-corrected chi connectivity index (χ2v) is 11.3. The largest absolute Gasteiger partial charge is 0.456 e. The molecule has 0 atom stereocenters. The van der Waals surface area contributed by atoms with Crippen LogP contribution in [0, 0.1) is 0 Å². The molecule has 0 radical (unpaired) electrons. The molecule has 0 aliphatic heterocycles. The minimum Gasteiger partial charge on any atom is -0.456 e. The van der Waals surface area contributed by atoms with Gasteiger partial charge in [0.15, 0.2) is 0 Å². The first kappa shape index (κ1) is 15.4. The van der Waals surface area contributed by atoms with Gasteiger partial charge in [-0.1, -0.05) is 145 Å². The van der Waals surface area contributed by atoms with Crippen molar-refractivity contribution in [2.24, 2.45) is 0 Å². The zero-order valence-electron chi connectivity index (χ0n) is 39.4. The molecule has 0 spiro atoms. The van der Waals surface area contributed by atoms with Gasteiger partial charge in [0.1, 0.15) is 11.2 Å². The van der Waals surface area contributed by atoms with Gasteiger partial charge in [0.05, 0.1) is 20.6 Å². The fourth-order valence-electron chi connectivity index (χ4n) is 6.71. The van der Waals surface area contributed by atoms with E-state index in [0.29, 0.717) is 21.9 Å². The summed E-state index contributed by atoms with van der Waals surface area (Å²) in [7, 11) is 0. The number of rotatable bonds is 3. The molecule has 10 rings (SSSR count). The Labute approximate surface area is 293 Å². The summed E-state index contributed by atoms with van der Waals surface area (Å²) >= 11 is 0. The number of para-hydroxylation sites is 1. The second-order valence-electron chi connectivity index (χ2n) is 11.3. The monoisotopic (exact) mass is 611 g/mol. The summed E-state index contributed by atoms with van der Waals surface area (Å²) in [6.45, 7) is 0. The first-order chi connectivity index (χ1) is 29.6. The van der Waals surface area contributed by atoms with Crippen LogP contribution in [0.15, 0.2) is 174 Å². The van der Waals surface area contributed by atoms with Gasteiger partial charge in [-0.25, -0.2) is 0 Å². The molecule has 1 nitrogen and oxygen atoms in total. The van der Waals surface area contributed by atoms with E-state index in [1.54, 1.807) is 12.1 Å². The fraction of sp³-hybridized carbons (Fsp3) is 0. The summed E-state index contributed by atoms with van der Waals surface area (Å²) in [5, 5.41) is 1.35. The third-order valence-corrected chi connectivity index (χ3v) is 8.76. The molecule has 0 amide bonds. The van der Waals surface area contributed by atoms with E-state index in [1.807, 2.05) is 66.7 Å². The van der Waals surface area contributed by atoms with Crippen molar-refractivity contribution >= 4 is 65.0 Å². The van der Waals surface area contributed by atoms with Crippen LogP contribution < -0.4 is 0 Å². The van der Waals surface area contributed by atoms with Gasteiger partial charge in [-0.15, -0.1) is 0 Å². The molecular formula is C46H28O. The van der Waals surface area contributed by atoms with E-state index in [1.165, 1.54) is 0 Å². The Morgan fingerprint density at radius 3 is 1.70 bits per heavy atom. The molecule has 1 aromatic heterocycles. The summed E-state index contributed by atoms with van der Waals surface area (Å²) in [5.74, 6) is 0. The summed E-state index contributed by atoms with van der Waals surface area (Å²) in [5.41, 5.74) is 2.62. The minimum atomic E-state index is -0.736. The highest BCUT2D eigenvalue weighted by atomic mass is 16.3. The number of furan rings is 1. The third kappa shape index (κ3) is 3.97. The van der Waals surface area contributed by atoms with Crippen LogP contribution in [0.2, 0.25) is 0 Å². The van der Waals surface area contributed by atoms with Crippen LogP contribution in [-0.4, -0.2) is 0 Å². The molecular weight excluding hydrogens is 569 g/mol. The van der Waals surface area contributed by atoms with Gasteiger partial charge in [-0.3, -0.25) is 0 Å². The Kier molecular flexibility index (Phi) is 3.33. The van der Waals surface area contributed by atoms with Crippen LogP contribution in [-0.2, 0) is 0 Å². The molecule has 1 heterocycles. The number of benzene rings is 9. The molecule has 0 aliphatic rings. The van der Waals surface area contributed by atoms with Crippen molar-refractivity contribution in [2.45, 2.75) is 0 Å². The van der Waals surface area contributed by atoms with E-state index in [4.69, 9.17) is 16.8 Å². The first-order valence-electron chi connectivity index (χ1n) is 22.5. The number of hydrogen-bond donors (Lipinski definition) is 0. The van der Waals surface area contributed by atoms with Gasteiger partial charge in [0.2, 0.25) is 0 Å². The summed E-state index contributed by atoms with van der Waals surface area (Å²) in [6, 6.07) is 14.5. The average Bonchev–Trinajstić information content (AvgIpc) is 3.65. The zero-order valence-corrected chi connectivity index (χ0v) is 24.4. The summed E-state index contributed by atoms with van der Waals surface area (Å²) in [6.07, 6.45) is 0. The molecule has 0 fully saturated rings. The molecule has 218 valence electrons. The predicted molar refractivity (Wildman–Crippen MR) is 200 cm³/mol. The molecule has 0 N–H and O–H groups in total. The Balaban J connectivity index is 1.41. The highest BCUT2D eigenvalue weighted by molar-refractivity contribution is 6.24. The fourth-order valence-corrected chi connectivity index (χ4v) is 6.71. The summed E-state index contributed by atoms with van der Waals surface area (Å²) < 4.78 is 141. The second kappa shape index (κ2) is 10.2. The van der Waals surface area contributed by atoms with E-state index in [0.717, 1.165) is 27.5 Å². The number of hydrogen-bond acceptors (Lipinski definition) is 1. The van der Waals surface area contributed by atoms with Crippen LogP contribution in [0.1, 0.15) is 20.6 Å². The van der Waals surface area contributed by atoms with Crippen LogP contribution in [0.5, 0.6) is 0 Å². The number of fused-ring (bicyclic) bond motifs is 7. The van der Waals surface area contributed by atoms with Crippen molar-refractivity contribution in [2.75, 3.05) is 0 Å². The van der Waals surface area contributed by atoms with Gasteiger partial charge in [-0.2, -0.15) is 0 Å². The molecule has 1 heteroatoms. The smallest absolute Gasteiger partial charge is 0.135 e. The maximum atomic E-state index is 9.48. The van der Waals surface area contributed by atoms with E-state index < -0.39 is 107 Å². The van der Waals surface area contributed by atoms with E-state index >= 15 is 0 Å². The topological polar surface area (TPSA) is 13.1 Å². The molecule has 0 saturated heterocycles. The van der Waals surface area contributed by atoms with Gasteiger partial charge >= 0.3 is 0 Å². The molecule has 9 aromatic carbocycles. The Morgan fingerprint density at radius 2 is 0.957 bits per heavy atom. The molecule has 47 heavy (non-hydrogen) atoms. The van der Waals surface area contributed by atoms with Crippen LogP contribution in [0.25, 0.3) is 98.4 Å². The van der Waals surface area contributed by atoms with E-state index in [9.17, 15) is 8.22 Å². The van der Waals surface area contributed by atoms with Gasteiger partial charge < -0.3 is 4.42 Å². The highest BCUT2D eigenvalue weighted by Crippen LogP contribution is 2.47. The maximum Gasteiger partial charge on any atom is 0.135 e. The van der Waals surface area contributed by atoms with Crippen molar-refractivity contribution in [1.29, 1.82) is 0 Å². The average molecular weight is 612 g/mol. The lowest BCUT2D eigenvalue weighted by atomic mass is 9.83. The van der Waals surface area contributed by atoms with Crippen LogP contribution in [0.3, 0.4) is 0 Å². The van der Waals surface area contributed by atoms with E-state index in [-0.39, 0.29) is 32.7 Å².